The van der Waals surface area contributed by atoms with Crippen LogP contribution in [0.4, 0.5) is 0 Å². The van der Waals surface area contributed by atoms with E-state index in [1.807, 2.05) is 38.2 Å². The first kappa shape index (κ1) is 16.5. The van der Waals surface area contributed by atoms with Crippen molar-refractivity contribution in [2.24, 2.45) is 7.05 Å². The predicted octanol–water partition coefficient (Wildman–Crippen LogP) is 1.24. The zero-order valence-electron chi connectivity index (χ0n) is 14.5. The Labute approximate surface area is 138 Å². The normalized spacial score (nSPS) is 24.0. The molecular formula is C17H28N4O2. The summed E-state index contributed by atoms with van der Waals surface area (Å²) in [6, 6.07) is 0. The van der Waals surface area contributed by atoms with Crippen molar-refractivity contribution in [2.75, 3.05) is 39.4 Å². The third-order valence-corrected chi connectivity index (χ3v) is 5.26. The molecule has 1 aromatic heterocycles. The molecule has 6 nitrogen and oxygen atoms in total. The van der Waals surface area contributed by atoms with Crippen LogP contribution in [0.2, 0.25) is 0 Å². The van der Waals surface area contributed by atoms with Gasteiger partial charge in [0.05, 0.1) is 18.8 Å². The van der Waals surface area contributed by atoms with Crippen LogP contribution in [0.1, 0.15) is 38.4 Å². The van der Waals surface area contributed by atoms with Crippen molar-refractivity contribution < 1.29 is 9.53 Å². The van der Waals surface area contributed by atoms with Crippen LogP contribution in [-0.2, 0) is 16.6 Å². The minimum absolute atomic E-state index is 0.235. The molecule has 3 rings (SSSR count). The number of rotatable bonds is 3. The smallest absolute Gasteiger partial charge is 0.242 e. The first-order valence-corrected chi connectivity index (χ1v) is 8.59. The lowest BCUT2D eigenvalue weighted by atomic mass is 9.93. The van der Waals surface area contributed by atoms with Crippen LogP contribution < -0.4 is 0 Å². The van der Waals surface area contributed by atoms with Gasteiger partial charge in [-0.25, -0.2) is 4.98 Å². The van der Waals surface area contributed by atoms with E-state index in [1.54, 1.807) is 0 Å². The van der Waals surface area contributed by atoms with Crippen molar-refractivity contribution in [1.82, 2.24) is 19.4 Å². The molecule has 1 aromatic rings. The molecule has 1 amide bonds. The Morgan fingerprint density at radius 1 is 1.30 bits per heavy atom. The monoisotopic (exact) mass is 320 g/mol. The molecule has 0 bridgehead atoms. The summed E-state index contributed by atoms with van der Waals surface area (Å²) in [5, 5.41) is 0. The number of carbonyl (C=O) groups excluding carboxylic acids is 1. The summed E-state index contributed by atoms with van der Waals surface area (Å²) in [5.41, 5.74) is -0.465. The number of likely N-dealkylation sites (tertiary alicyclic amines) is 1. The fourth-order valence-electron chi connectivity index (χ4n) is 3.79. The molecule has 3 heterocycles. The van der Waals surface area contributed by atoms with Crippen LogP contribution in [0.25, 0.3) is 0 Å². The molecule has 0 saturated carbocycles. The van der Waals surface area contributed by atoms with Gasteiger partial charge in [-0.1, -0.05) is 0 Å². The molecule has 1 atom stereocenters. The number of hydrogen-bond acceptors (Lipinski definition) is 4. The molecule has 0 aromatic carbocycles. The van der Waals surface area contributed by atoms with Gasteiger partial charge >= 0.3 is 0 Å². The number of piperidine rings is 1. The average molecular weight is 320 g/mol. The van der Waals surface area contributed by atoms with Crippen LogP contribution in [0.3, 0.4) is 0 Å². The highest BCUT2D eigenvalue weighted by atomic mass is 16.5. The Morgan fingerprint density at radius 3 is 2.70 bits per heavy atom. The van der Waals surface area contributed by atoms with Crippen molar-refractivity contribution in [3.05, 3.63) is 18.2 Å². The number of aryl methyl sites for hydroxylation is 1. The van der Waals surface area contributed by atoms with E-state index in [9.17, 15) is 4.79 Å². The first-order valence-electron chi connectivity index (χ1n) is 8.59. The van der Waals surface area contributed by atoms with Gasteiger partial charge in [-0.3, -0.25) is 9.69 Å². The van der Waals surface area contributed by atoms with Gasteiger partial charge in [0, 0.05) is 51.5 Å². The summed E-state index contributed by atoms with van der Waals surface area (Å²) < 4.78 is 7.50. The Kier molecular flexibility index (Phi) is 4.73. The van der Waals surface area contributed by atoms with Gasteiger partial charge < -0.3 is 14.2 Å². The van der Waals surface area contributed by atoms with E-state index in [-0.39, 0.29) is 5.91 Å². The van der Waals surface area contributed by atoms with Crippen molar-refractivity contribution in [3.63, 3.8) is 0 Å². The topological polar surface area (TPSA) is 50.6 Å². The fourth-order valence-corrected chi connectivity index (χ4v) is 3.79. The molecule has 2 aliphatic rings. The third kappa shape index (κ3) is 3.28. The standard InChI is InChI=1S/C17H28N4O2/c1-17(2,21-9-11-23-12-10-21)16(22)20-7-4-5-14(13-20)15-18-6-8-19(15)3/h6,8,14H,4-5,7,9-13H2,1-3H3/t14-/m1/s1. The zero-order chi connectivity index (χ0) is 16.4. The quantitative estimate of drug-likeness (QED) is 0.841. The number of imidazole rings is 1. The Morgan fingerprint density at radius 2 is 2.04 bits per heavy atom. The average Bonchev–Trinajstić information content (AvgIpc) is 3.01. The molecule has 2 fully saturated rings. The van der Waals surface area contributed by atoms with E-state index < -0.39 is 5.54 Å². The van der Waals surface area contributed by atoms with Crippen LogP contribution >= 0.6 is 0 Å². The molecule has 6 heteroatoms. The van der Waals surface area contributed by atoms with Gasteiger partial charge in [-0.05, 0) is 26.7 Å². The van der Waals surface area contributed by atoms with Gasteiger partial charge in [0.2, 0.25) is 5.91 Å². The largest absolute Gasteiger partial charge is 0.379 e. The van der Waals surface area contributed by atoms with Crippen molar-refractivity contribution in [1.29, 1.82) is 0 Å². The van der Waals surface area contributed by atoms with E-state index in [4.69, 9.17) is 4.74 Å². The van der Waals surface area contributed by atoms with E-state index in [2.05, 4.69) is 14.5 Å². The van der Waals surface area contributed by atoms with Gasteiger partial charge in [0.25, 0.3) is 0 Å². The number of nitrogens with zero attached hydrogens (tertiary/aromatic N) is 4. The van der Waals surface area contributed by atoms with E-state index >= 15 is 0 Å². The SMILES string of the molecule is Cn1ccnc1[C@@H]1CCCN(C(=O)C(C)(C)N2CCOCC2)C1. The zero-order valence-corrected chi connectivity index (χ0v) is 14.5. The van der Waals surface area contributed by atoms with Crippen LogP contribution in [0.5, 0.6) is 0 Å². The summed E-state index contributed by atoms with van der Waals surface area (Å²) in [5.74, 6) is 1.66. The first-order chi connectivity index (χ1) is 11.0. The predicted molar refractivity (Wildman–Crippen MR) is 88.2 cm³/mol. The van der Waals surface area contributed by atoms with Crippen molar-refractivity contribution in [2.45, 2.75) is 38.1 Å². The van der Waals surface area contributed by atoms with Crippen molar-refractivity contribution >= 4 is 5.91 Å². The summed E-state index contributed by atoms with van der Waals surface area (Å²) in [6.07, 6.45) is 5.97. The highest BCUT2D eigenvalue weighted by molar-refractivity contribution is 5.85. The van der Waals surface area contributed by atoms with Crippen LogP contribution in [0, 0.1) is 0 Å². The molecule has 0 N–H and O–H groups in total. The third-order valence-electron chi connectivity index (χ3n) is 5.26. The van der Waals surface area contributed by atoms with Gasteiger partial charge in [-0.2, -0.15) is 0 Å². The highest BCUT2D eigenvalue weighted by Gasteiger charge is 2.40. The molecule has 0 spiro atoms. The lowest BCUT2D eigenvalue weighted by Crippen LogP contribution is -2.60. The second-order valence-electron chi connectivity index (χ2n) is 7.15. The summed E-state index contributed by atoms with van der Waals surface area (Å²) in [6.45, 7) is 8.81. The molecule has 0 aliphatic carbocycles. The Bertz CT molecular complexity index is 549. The van der Waals surface area contributed by atoms with Gasteiger partial charge in [0.15, 0.2) is 0 Å². The van der Waals surface area contributed by atoms with E-state index in [0.29, 0.717) is 19.1 Å². The second-order valence-corrected chi connectivity index (χ2v) is 7.15. The summed E-state index contributed by atoms with van der Waals surface area (Å²) >= 11 is 0. The minimum atomic E-state index is -0.465. The maximum atomic E-state index is 13.1. The number of hydrogen-bond donors (Lipinski definition) is 0. The molecular weight excluding hydrogens is 292 g/mol. The molecule has 0 unspecified atom stereocenters. The van der Waals surface area contributed by atoms with Crippen LogP contribution in [0.15, 0.2) is 12.4 Å². The highest BCUT2D eigenvalue weighted by Crippen LogP contribution is 2.28. The molecule has 0 radical (unpaired) electrons. The Balaban J connectivity index is 1.70. The molecule has 23 heavy (non-hydrogen) atoms. The maximum absolute atomic E-state index is 13.1. The van der Waals surface area contributed by atoms with Gasteiger partial charge in [-0.15, -0.1) is 0 Å². The fraction of sp³-hybridized carbons (Fsp3) is 0.765. The lowest BCUT2D eigenvalue weighted by molar-refractivity contribution is -0.146. The second kappa shape index (κ2) is 6.61. The summed E-state index contributed by atoms with van der Waals surface area (Å²) in [4.78, 5) is 21.9. The lowest BCUT2D eigenvalue weighted by Gasteiger charge is -2.44. The number of morpholine rings is 1. The number of amides is 1. The molecule has 2 saturated heterocycles. The van der Waals surface area contributed by atoms with Gasteiger partial charge in [0.1, 0.15) is 5.82 Å². The minimum Gasteiger partial charge on any atom is -0.379 e. The van der Waals surface area contributed by atoms with Crippen LogP contribution in [-0.4, -0.2) is 70.2 Å². The number of ether oxygens (including phenoxy) is 1. The molecule has 2 aliphatic heterocycles. The number of aromatic nitrogens is 2. The maximum Gasteiger partial charge on any atom is 0.242 e. The van der Waals surface area contributed by atoms with Crippen molar-refractivity contribution in [3.8, 4) is 0 Å². The van der Waals surface area contributed by atoms with E-state index in [1.165, 1.54) is 0 Å². The Hall–Kier alpha value is -1.40. The summed E-state index contributed by atoms with van der Waals surface area (Å²) in [7, 11) is 2.03. The number of carbonyl (C=O) groups is 1. The van der Waals surface area contributed by atoms with E-state index in [0.717, 1.165) is 44.8 Å². The molecule has 128 valence electrons.